The number of fused-ring (bicyclic) bond motifs is 1. The van der Waals surface area contributed by atoms with Crippen molar-refractivity contribution < 1.29 is 19.1 Å². The van der Waals surface area contributed by atoms with Crippen LogP contribution in [0.4, 0.5) is 0 Å². The summed E-state index contributed by atoms with van der Waals surface area (Å²) in [6, 6.07) is 5.98. The molecule has 1 saturated heterocycles. The van der Waals surface area contributed by atoms with Crippen molar-refractivity contribution in [1.82, 2.24) is 20.0 Å². The fraction of sp³-hybridized carbons (Fsp3) is 0.500. The fourth-order valence-corrected chi connectivity index (χ4v) is 5.24. The van der Waals surface area contributed by atoms with Gasteiger partial charge in [-0.25, -0.2) is 0 Å². The van der Waals surface area contributed by atoms with Crippen LogP contribution in [0.5, 0.6) is 5.75 Å². The number of rotatable bonds is 8. The number of benzene rings is 1. The molecule has 200 valence electrons. The van der Waals surface area contributed by atoms with Crippen LogP contribution in [0.25, 0.3) is 5.57 Å². The number of amides is 2. The molecule has 5 rings (SSSR count). The zero-order valence-corrected chi connectivity index (χ0v) is 21.9. The maximum Gasteiger partial charge on any atom is 0.252 e. The molecule has 3 N–H and O–H groups in total. The van der Waals surface area contributed by atoms with Gasteiger partial charge in [0.15, 0.2) is 6.23 Å². The Kier molecular flexibility index (Phi) is 7.38. The first-order valence-electron chi connectivity index (χ1n) is 13.3. The van der Waals surface area contributed by atoms with Gasteiger partial charge in [0.1, 0.15) is 12.2 Å². The number of ether oxygens (including phenoxy) is 2. The Morgan fingerprint density at radius 3 is 2.76 bits per heavy atom. The molecular formula is C28H34N6O4. The van der Waals surface area contributed by atoms with E-state index in [0.717, 1.165) is 47.9 Å². The number of likely N-dealkylation sites (tertiary alicyclic amines) is 1. The molecule has 1 saturated carbocycles. The smallest absolute Gasteiger partial charge is 0.252 e. The number of nitrogens with one attached hydrogen (secondary N) is 1. The SMILES string of the molecule is CC(C)Oc1cc2c(cc1C(N)=O)C(c1cnn(C3CCC3)c1)=CNC2OC1CCCN(C(=O)CC#N)C1. The Morgan fingerprint density at radius 2 is 2.08 bits per heavy atom. The van der Waals surface area contributed by atoms with Crippen molar-refractivity contribution >= 4 is 17.4 Å². The van der Waals surface area contributed by atoms with Gasteiger partial charge in [-0.15, -0.1) is 0 Å². The van der Waals surface area contributed by atoms with Crippen LogP contribution in [-0.4, -0.2) is 51.8 Å². The van der Waals surface area contributed by atoms with E-state index in [9.17, 15) is 9.59 Å². The van der Waals surface area contributed by atoms with Crippen LogP contribution in [0, 0.1) is 11.3 Å². The average molecular weight is 519 g/mol. The summed E-state index contributed by atoms with van der Waals surface area (Å²) in [6.45, 7) is 4.84. The van der Waals surface area contributed by atoms with Crippen molar-refractivity contribution in [3.8, 4) is 11.8 Å². The lowest BCUT2D eigenvalue weighted by molar-refractivity contribution is -0.136. The highest BCUT2D eigenvalue weighted by molar-refractivity contribution is 5.98. The van der Waals surface area contributed by atoms with Gasteiger partial charge in [-0.3, -0.25) is 14.3 Å². The molecule has 2 amide bonds. The number of carbonyl (C=O) groups excluding carboxylic acids is 2. The first-order chi connectivity index (χ1) is 18.3. The molecule has 0 spiro atoms. The van der Waals surface area contributed by atoms with Crippen LogP contribution in [0.2, 0.25) is 0 Å². The second kappa shape index (κ2) is 10.9. The van der Waals surface area contributed by atoms with Gasteiger partial charge < -0.3 is 25.4 Å². The average Bonchev–Trinajstić information content (AvgIpc) is 3.32. The maximum atomic E-state index is 12.4. The lowest BCUT2D eigenvalue weighted by Crippen LogP contribution is -2.44. The van der Waals surface area contributed by atoms with Crippen LogP contribution >= 0.6 is 0 Å². The summed E-state index contributed by atoms with van der Waals surface area (Å²) in [4.78, 5) is 26.4. The molecule has 2 fully saturated rings. The highest BCUT2D eigenvalue weighted by Crippen LogP contribution is 2.40. The molecule has 2 atom stereocenters. The first kappa shape index (κ1) is 25.8. The molecule has 1 aliphatic carbocycles. The van der Waals surface area contributed by atoms with Crippen LogP contribution in [0.15, 0.2) is 30.7 Å². The van der Waals surface area contributed by atoms with E-state index >= 15 is 0 Å². The fourth-order valence-electron chi connectivity index (χ4n) is 5.24. The number of piperidine rings is 1. The molecule has 0 bridgehead atoms. The number of aromatic nitrogens is 2. The predicted molar refractivity (Wildman–Crippen MR) is 140 cm³/mol. The topological polar surface area (TPSA) is 136 Å². The normalized spacial score (nSPS) is 21.1. The second-order valence-electron chi connectivity index (χ2n) is 10.4. The van der Waals surface area contributed by atoms with Gasteiger partial charge in [0.05, 0.1) is 36.1 Å². The third-order valence-corrected chi connectivity index (χ3v) is 7.38. The molecular weight excluding hydrogens is 484 g/mol. The number of nitrogens with two attached hydrogens (primary N) is 1. The molecule has 1 aromatic heterocycles. The molecule has 3 heterocycles. The lowest BCUT2D eigenvalue weighted by atomic mass is 9.90. The molecule has 10 nitrogen and oxygen atoms in total. The Labute approximate surface area is 222 Å². The third-order valence-electron chi connectivity index (χ3n) is 7.38. The van der Waals surface area contributed by atoms with Gasteiger partial charge in [-0.05, 0) is 63.6 Å². The van der Waals surface area contributed by atoms with Crippen molar-refractivity contribution in [2.24, 2.45) is 5.73 Å². The van der Waals surface area contributed by atoms with E-state index < -0.39 is 12.1 Å². The highest BCUT2D eigenvalue weighted by Gasteiger charge is 2.32. The Balaban J connectivity index is 1.48. The largest absolute Gasteiger partial charge is 0.490 e. The molecule has 38 heavy (non-hydrogen) atoms. The Hall–Kier alpha value is -3.84. The minimum atomic E-state index is -0.567. The highest BCUT2D eigenvalue weighted by atomic mass is 16.5. The molecule has 3 aliphatic rings. The van der Waals surface area contributed by atoms with Crippen LogP contribution in [-0.2, 0) is 9.53 Å². The molecule has 10 heteroatoms. The van der Waals surface area contributed by atoms with Crippen LogP contribution in [0.1, 0.15) is 91.7 Å². The van der Waals surface area contributed by atoms with Gasteiger partial charge in [-0.1, -0.05) is 0 Å². The number of carbonyl (C=O) groups is 2. The van der Waals surface area contributed by atoms with E-state index in [0.29, 0.717) is 30.4 Å². The number of hydrogen-bond donors (Lipinski definition) is 2. The predicted octanol–water partition coefficient (Wildman–Crippen LogP) is 3.41. The lowest BCUT2D eigenvalue weighted by Gasteiger charge is -2.36. The van der Waals surface area contributed by atoms with E-state index in [-0.39, 0.29) is 24.5 Å². The minimum absolute atomic E-state index is 0.135. The zero-order valence-electron chi connectivity index (χ0n) is 21.9. The Bertz CT molecular complexity index is 1290. The first-order valence-corrected chi connectivity index (χ1v) is 13.3. The monoisotopic (exact) mass is 518 g/mol. The Morgan fingerprint density at radius 1 is 1.26 bits per heavy atom. The van der Waals surface area contributed by atoms with E-state index in [4.69, 9.17) is 20.5 Å². The van der Waals surface area contributed by atoms with Gasteiger partial charge in [0, 0.05) is 42.2 Å². The number of nitrogens with zero attached hydrogens (tertiary/aromatic N) is 4. The summed E-state index contributed by atoms with van der Waals surface area (Å²) < 4.78 is 14.5. The number of hydrogen-bond acceptors (Lipinski definition) is 7. The molecule has 2 unspecified atom stereocenters. The number of primary amides is 1. The van der Waals surface area contributed by atoms with E-state index in [2.05, 4.69) is 10.4 Å². The molecule has 1 aromatic carbocycles. The van der Waals surface area contributed by atoms with Crippen molar-refractivity contribution in [1.29, 1.82) is 5.26 Å². The van der Waals surface area contributed by atoms with E-state index in [1.807, 2.05) is 49.3 Å². The summed E-state index contributed by atoms with van der Waals surface area (Å²) >= 11 is 0. The second-order valence-corrected chi connectivity index (χ2v) is 10.4. The van der Waals surface area contributed by atoms with Crippen molar-refractivity contribution in [2.45, 2.75) is 76.9 Å². The van der Waals surface area contributed by atoms with Gasteiger partial charge in [0.25, 0.3) is 5.91 Å². The third kappa shape index (κ3) is 5.24. The standard InChI is InChI=1S/C28H34N6O4/c1-17(2)37-25-12-22-21(11-23(25)27(30)36)24(18-13-32-34(15-18)19-5-3-6-19)14-31-28(22)38-20-7-4-10-33(16-20)26(35)8-9-29/h11-15,17,19-20,28,31H,3-8,10,16H2,1-2H3,(H2,30,36). The maximum absolute atomic E-state index is 12.4. The molecule has 2 aliphatic heterocycles. The van der Waals surface area contributed by atoms with Gasteiger partial charge >= 0.3 is 0 Å². The van der Waals surface area contributed by atoms with Crippen molar-refractivity contribution in [2.75, 3.05) is 13.1 Å². The molecule has 2 aromatic rings. The molecule has 0 radical (unpaired) electrons. The zero-order chi connectivity index (χ0) is 26.8. The minimum Gasteiger partial charge on any atom is -0.490 e. The summed E-state index contributed by atoms with van der Waals surface area (Å²) in [6.07, 6.45) is 9.82. The van der Waals surface area contributed by atoms with Crippen LogP contribution in [0.3, 0.4) is 0 Å². The number of nitriles is 1. The van der Waals surface area contributed by atoms with Gasteiger partial charge in [-0.2, -0.15) is 10.4 Å². The van der Waals surface area contributed by atoms with Crippen molar-refractivity contribution in [3.63, 3.8) is 0 Å². The summed E-state index contributed by atoms with van der Waals surface area (Å²) in [5.41, 5.74) is 9.53. The summed E-state index contributed by atoms with van der Waals surface area (Å²) in [5.74, 6) is -0.340. The van der Waals surface area contributed by atoms with Gasteiger partial charge in [0.2, 0.25) is 5.91 Å². The van der Waals surface area contributed by atoms with Crippen LogP contribution < -0.4 is 15.8 Å². The van der Waals surface area contributed by atoms with Crippen molar-refractivity contribution in [3.05, 3.63) is 53.0 Å². The van der Waals surface area contributed by atoms with E-state index in [1.54, 1.807) is 11.0 Å². The quantitative estimate of drug-likeness (QED) is 0.547. The summed E-state index contributed by atoms with van der Waals surface area (Å²) in [7, 11) is 0. The summed E-state index contributed by atoms with van der Waals surface area (Å²) in [5, 5.41) is 16.9. The van der Waals surface area contributed by atoms with E-state index in [1.165, 1.54) is 6.42 Å².